The highest BCUT2D eigenvalue weighted by Crippen LogP contribution is 2.28. The minimum atomic E-state index is -0.112. The number of nitrogens with zero attached hydrogens (tertiary/aromatic N) is 1. The van der Waals surface area contributed by atoms with Crippen LogP contribution in [-0.2, 0) is 11.4 Å². The molecule has 2 aromatic carbocycles. The number of hydrogen-bond acceptors (Lipinski definition) is 4. The summed E-state index contributed by atoms with van der Waals surface area (Å²) >= 11 is 11.6. The predicted octanol–water partition coefficient (Wildman–Crippen LogP) is 5.26. The number of thiocarbonyl (C=S) groups is 1. The molecule has 0 bridgehead atoms. The van der Waals surface area contributed by atoms with Crippen LogP contribution in [-0.4, -0.2) is 29.6 Å². The molecule has 0 aromatic heterocycles. The molecular formula is C24H27ClN2O3S. The molecule has 3 rings (SSSR count). The summed E-state index contributed by atoms with van der Waals surface area (Å²) in [7, 11) is 1.62. The molecule has 0 atom stereocenters. The molecule has 1 saturated heterocycles. The first-order valence-corrected chi connectivity index (χ1v) is 10.9. The Balaban J connectivity index is 1.82. The minimum absolute atomic E-state index is 0.112. The third-order valence-corrected chi connectivity index (χ3v) is 5.85. The molecule has 7 heteroatoms. The van der Waals surface area contributed by atoms with Crippen LogP contribution < -0.4 is 14.8 Å². The van der Waals surface area contributed by atoms with E-state index in [-0.39, 0.29) is 5.91 Å². The first-order valence-electron chi connectivity index (χ1n) is 10.1. The lowest BCUT2D eigenvalue weighted by atomic mass is 10.1. The topological polar surface area (TPSA) is 50.8 Å². The summed E-state index contributed by atoms with van der Waals surface area (Å²) in [4.78, 5) is 14.3. The van der Waals surface area contributed by atoms with Crippen LogP contribution in [0.3, 0.4) is 0 Å². The molecule has 1 heterocycles. The molecular weight excluding hydrogens is 432 g/mol. The number of rotatable bonds is 7. The zero-order chi connectivity index (χ0) is 22.7. The number of halogens is 1. The van der Waals surface area contributed by atoms with Crippen LogP contribution in [0.5, 0.6) is 11.5 Å². The van der Waals surface area contributed by atoms with Gasteiger partial charge in [-0.15, -0.1) is 0 Å². The molecule has 1 fully saturated rings. The number of carbonyl (C=O) groups excluding carboxylic acids is 1. The summed E-state index contributed by atoms with van der Waals surface area (Å²) in [5, 5.41) is 4.21. The van der Waals surface area contributed by atoms with Crippen molar-refractivity contribution in [2.75, 3.05) is 13.7 Å². The van der Waals surface area contributed by atoms with Crippen LogP contribution in [0.25, 0.3) is 6.08 Å². The largest absolute Gasteiger partial charge is 0.496 e. The molecule has 1 aliphatic rings. The SMILES string of the molecule is COc1ccc(/C=C2/NC(=S)N(CC(C)C)C2=O)cc1COc1cc(C)c(Cl)c(C)c1. The van der Waals surface area contributed by atoms with Crippen molar-refractivity contribution in [2.45, 2.75) is 34.3 Å². The summed E-state index contributed by atoms with van der Waals surface area (Å²) < 4.78 is 11.5. The number of carbonyl (C=O) groups is 1. The molecule has 31 heavy (non-hydrogen) atoms. The van der Waals surface area contributed by atoms with Gasteiger partial charge in [-0.2, -0.15) is 0 Å². The molecule has 0 saturated carbocycles. The fourth-order valence-corrected chi connectivity index (χ4v) is 3.80. The average Bonchev–Trinajstić information content (AvgIpc) is 2.97. The first kappa shape index (κ1) is 23.1. The second-order valence-corrected chi connectivity index (χ2v) is 8.79. The maximum Gasteiger partial charge on any atom is 0.276 e. The van der Waals surface area contributed by atoms with E-state index in [2.05, 4.69) is 19.2 Å². The van der Waals surface area contributed by atoms with Crippen LogP contribution in [0, 0.1) is 19.8 Å². The summed E-state index contributed by atoms with van der Waals surface area (Å²) in [6.07, 6.45) is 1.80. The van der Waals surface area contributed by atoms with Gasteiger partial charge in [-0.1, -0.05) is 31.5 Å². The van der Waals surface area contributed by atoms with E-state index in [0.717, 1.165) is 33.0 Å². The van der Waals surface area contributed by atoms with E-state index in [1.807, 2.05) is 44.2 Å². The Labute approximate surface area is 194 Å². The second-order valence-electron chi connectivity index (χ2n) is 8.03. The molecule has 0 radical (unpaired) electrons. The van der Waals surface area contributed by atoms with Gasteiger partial charge < -0.3 is 14.8 Å². The van der Waals surface area contributed by atoms with Crippen LogP contribution in [0.2, 0.25) is 5.02 Å². The van der Waals surface area contributed by atoms with Crippen molar-refractivity contribution >= 4 is 40.9 Å². The Morgan fingerprint density at radius 1 is 1.19 bits per heavy atom. The van der Waals surface area contributed by atoms with Gasteiger partial charge in [0.1, 0.15) is 23.8 Å². The van der Waals surface area contributed by atoms with Crippen molar-refractivity contribution in [3.63, 3.8) is 0 Å². The van der Waals surface area contributed by atoms with Crippen LogP contribution in [0.1, 0.15) is 36.1 Å². The lowest BCUT2D eigenvalue weighted by molar-refractivity contribution is -0.122. The second kappa shape index (κ2) is 9.71. The molecule has 0 aliphatic carbocycles. The van der Waals surface area contributed by atoms with E-state index in [1.54, 1.807) is 18.1 Å². The number of methoxy groups -OCH3 is 1. The summed E-state index contributed by atoms with van der Waals surface area (Å²) in [6.45, 7) is 8.92. The van der Waals surface area contributed by atoms with E-state index in [4.69, 9.17) is 33.3 Å². The molecule has 2 aromatic rings. The van der Waals surface area contributed by atoms with E-state index in [0.29, 0.717) is 35.6 Å². The van der Waals surface area contributed by atoms with E-state index in [9.17, 15) is 4.79 Å². The Morgan fingerprint density at radius 3 is 2.48 bits per heavy atom. The molecule has 1 aliphatic heterocycles. The van der Waals surface area contributed by atoms with Crippen molar-refractivity contribution in [1.82, 2.24) is 10.2 Å². The molecule has 1 amide bonds. The first-order chi connectivity index (χ1) is 14.7. The van der Waals surface area contributed by atoms with Gasteiger partial charge >= 0.3 is 0 Å². The quantitative estimate of drug-likeness (QED) is 0.453. The van der Waals surface area contributed by atoms with Crippen molar-refractivity contribution in [1.29, 1.82) is 0 Å². The van der Waals surface area contributed by atoms with Gasteiger partial charge in [-0.25, -0.2) is 0 Å². The molecule has 164 valence electrons. The lowest BCUT2D eigenvalue weighted by Crippen LogP contribution is -2.33. The van der Waals surface area contributed by atoms with E-state index < -0.39 is 0 Å². The number of aryl methyl sites for hydroxylation is 2. The minimum Gasteiger partial charge on any atom is -0.496 e. The highest BCUT2D eigenvalue weighted by atomic mass is 35.5. The van der Waals surface area contributed by atoms with Gasteiger partial charge in [-0.05, 0) is 79.0 Å². The number of amides is 1. The fourth-order valence-electron chi connectivity index (χ4n) is 3.42. The van der Waals surface area contributed by atoms with Gasteiger partial charge in [-0.3, -0.25) is 9.69 Å². The molecule has 0 spiro atoms. The smallest absolute Gasteiger partial charge is 0.276 e. The van der Waals surface area contributed by atoms with Gasteiger partial charge in [0.2, 0.25) is 0 Å². The Kier molecular flexibility index (Phi) is 7.23. The molecule has 0 unspecified atom stereocenters. The Bertz CT molecular complexity index is 1030. The summed E-state index contributed by atoms with van der Waals surface area (Å²) in [5.74, 6) is 1.67. The lowest BCUT2D eigenvalue weighted by Gasteiger charge is -2.16. The van der Waals surface area contributed by atoms with Crippen LogP contribution >= 0.6 is 23.8 Å². The Hall–Kier alpha value is -2.57. The monoisotopic (exact) mass is 458 g/mol. The van der Waals surface area contributed by atoms with Crippen molar-refractivity contribution in [3.05, 3.63) is 63.3 Å². The fraction of sp³-hybridized carbons (Fsp3) is 0.333. The zero-order valence-corrected chi connectivity index (χ0v) is 20.0. The van der Waals surface area contributed by atoms with Gasteiger partial charge in [0.05, 0.1) is 7.11 Å². The third-order valence-electron chi connectivity index (χ3n) is 4.93. The van der Waals surface area contributed by atoms with Crippen molar-refractivity contribution < 1.29 is 14.3 Å². The normalized spacial score (nSPS) is 15.1. The van der Waals surface area contributed by atoms with Crippen molar-refractivity contribution in [2.24, 2.45) is 5.92 Å². The zero-order valence-electron chi connectivity index (χ0n) is 18.4. The van der Waals surface area contributed by atoms with Gasteiger partial charge in [0.15, 0.2) is 5.11 Å². The van der Waals surface area contributed by atoms with Crippen LogP contribution in [0.4, 0.5) is 0 Å². The van der Waals surface area contributed by atoms with Gasteiger partial charge in [0.25, 0.3) is 5.91 Å². The standard InChI is InChI=1S/C24H27ClN2O3S/c1-14(2)12-27-23(28)20(26-24(27)31)11-17-6-7-21(29-5)18(10-17)13-30-19-8-15(3)22(25)16(4)9-19/h6-11,14H,12-13H2,1-5H3,(H,26,31)/b20-11+. The number of nitrogens with one attached hydrogen (secondary N) is 1. The van der Waals surface area contributed by atoms with E-state index >= 15 is 0 Å². The predicted molar refractivity (Wildman–Crippen MR) is 129 cm³/mol. The summed E-state index contributed by atoms with van der Waals surface area (Å²) in [6, 6.07) is 9.55. The molecule has 5 nitrogen and oxygen atoms in total. The average molecular weight is 459 g/mol. The van der Waals surface area contributed by atoms with Crippen molar-refractivity contribution in [3.8, 4) is 11.5 Å². The van der Waals surface area contributed by atoms with Gasteiger partial charge in [0, 0.05) is 17.1 Å². The van der Waals surface area contributed by atoms with Crippen LogP contribution in [0.15, 0.2) is 36.0 Å². The summed E-state index contributed by atoms with van der Waals surface area (Å²) in [5.41, 5.74) is 4.12. The number of benzene rings is 2. The van der Waals surface area contributed by atoms with E-state index in [1.165, 1.54) is 0 Å². The number of ether oxygens (including phenoxy) is 2. The number of hydrogen-bond donors (Lipinski definition) is 1. The maximum atomic E-state index is 12.7. The highest BCUT2D eigenvalue weighted by molar-refractivity contribution is 7.80. The highest BCUT2D eigenvalue weighted by Gasteiger charge is 2.30. The maximum absolute atomic E-state index is 12.7. The molecule has 1 N–H and O–H groups in total. The Morgan fingerprint density at radius 2 is 1.87 bits per heavy atom. The third kappa shape index (κ3) is 5.38.